The number of hydrogen-bond donors (Lipinski definition) is 0. The molecule has 204 valence electrons. The molecule has 3 rings (SSSR count). The Morgan fingerprint density at radius 1 is 0.730 bits per heavy atom. The standard InChI is InChI=1S/C25H37N5O7/c1-31-19-12-18(13-20(32-2)24(19)35-5)14-28(16-22-27-9-11-30(22)25(36-6)37-7)15-21-26-8-10-29(21)17-23(33-3)34-4/h8-13,23,25H,14-17H2,1-7H3. The molecule has 12 nitrogen and oxygen atoms in total. The van der Waals surface area contributed by atoms with Crippen molar-refractivity contribution in [3.63, 3.8) is 0 Å². The highest BCUT2D eigenvalue weighted by Crippen LogP contribution is 2.38. The Balaban J connectivity index is 1.95. The van der Waals surface area contributed by atoms with Crippen LogP contribution in [0.3, 0.4) is 0 Å². The van der Waals surface area contributed by atoms with Crippen LogP contribution in [0.2, 0.25) is 0 Å². The molecule has 37 heavy (non-hydrogen) atoms. The van der Waals surface area contributed by atoms with Gasteiger partial charge in [-0.05, 0) is 17.7 Å². The topological polar surface area (TPSA) is 103 Å². The molecule has 1 aromatic carbocycles. The number of benzene rings is 1. The van der Waals surface area contributed by atoms with Crippen LogP contribution in [0.25, 0.3) is 0 Å². The second kappa shape index (κ2) is 14.0. The lowest BCUT2D eigenvalue weighted by Crippen LogP contribution is -2.28. The van der Waals surface area contributed by atoms with Crippen LogP contribution in [0.15, 0.2) is 36.9 Å². The van der Waals surface area contributed by atoms with Gasteiger partial charge in [0.15, 0.2) is 17.8 Å². The molecule has 2 heterocycles. The number of aromatic nitrogens is 4. The lowest BCUT2D eigenvalue weighted by atomic mass is 10.1. The minimum Gasteiger partial charge on any atom is -0.493 e. The summed E-state index contributed by atoms with van der Waals surface area (Å²) in [4.78, 5) is 11.4. The third-order valence-corrected chi connectivity index (χ3v) is 5.91. The monoisotopic (exact) mass is 519 g/mol. The number of methoxy groups -OCH3 is 7. The van der Waals surface area contributed by atoms with Crippen molar-refractivity contribution in [2.24, 2.45) is 0 Å². The van der Waals surface area contributed by atoms with Crippen LogP contribution in [-0.4, -0.2) is 80.1 Å². The molecular formula is C25H37N5O7. The van der Waals surface area contributed by atoms with Gasteiger partial charge in [-0.2, -0.15) is 0 Å². The quantitative estimate of drug-likeness (QED) is 0.262. The zero-order chi connectivity index (χ0) is 26.8. The van der Waals surface area contributed by atoms with Crippen molar-refractivity contribution in [2.75, 3.05) is 49.8 Å². The first-order valence-electron chi connectivity index (χ1n) is 11.7. The molecule has 0 spiro atoms. The van der Waals surface area contributed by atoms with Crippen molar-refractivity contribution in [3.05, 3.63) is 54.1 Å². The van der Waals surface area contributed by atoms with Gasteiger partial charge in [0, 0.05) is 59.8 Å². The van der Waals surface area contributed by atoms with Gasteiger partial charge in [-0.3, -0.25) is 9.47 Å². The van der Waals surface area contributed by atoms with Crippen molar-refractivity contribution in [1.29, 1.82) is 0 Å². The van der Waals surface area contributed by atoms with E-state index in [0.29, 0.717) is 43.4 Å². The number of nitrogens with zero attached hydrogens (tertiary/aromatic N) is 5. The Bertz CT molecular complexity index is 1070. The maximum atomic E-state index is 5.56. The summed E-state index contributed by atoms with van der Waals surface area (Å²) in [5.41, 5.74) is 0.965. The molecule has 0 N–H and O–H groups in total. The van der Waals surface area contributed by atoms with E-state index in [1.165, 1.54) is 0 Å². The van der Waals surface area contributed by atoms with E-state index < -0.39 is 6.41 Å². The highest BCUT2D eigenvalue weighted by Gasteiger charge is 2.21. The van der Waals surface area contributed by atoms with Crippen molar-refractivity contribution >= 4 is 0 Å². The Morgan fingerprint density at radius 3 is 1.89 bits per heavy atom. The van der Waals surface area contributed by atoms with Crippen LogP contribution in [0.5, 0.6) is 17.2 Å². The minimum absolute atomic E-state index is 0.389. The van der Waals surface area contributed by atoms with Crippen LogP contribution in [-0.2, 0) is 45.1 Å². The third kappa shape index (κ3) is 6.99. The van der Waals surface area contributed by atoms with E-state index in [0.717, 1.165) is 17.2 Å². The highest BCUT2D eigenvalue weighted by molar-refractivity contribution is 5.53. The van der Waals surface area contributed by atoms with Crippen molar-refractivity contribution < 1.29 is 33.2 Å². The molecule has 0 unspecified atom stereocenters. The fourth-order valence-corrected chi connectivity index (χ4v) is 4.10. The molecule has 2 aromatic heterocycles. The maximum absolute atomic E-state index is 5.56. The van der Waals surface area contributed by atoms with Gasteiger partial charge in [0.2, 0.25) is 12.2 Å². The van der Waals surface area contributed by atoms with Gasteiger partial charge < -0.3 is 37.7 Å². The number of imidazole rings is 2. The van der Waals surface area contributed by atoms with Gasteiger partial charge in [-0.15, -0.1) is 0 Å². The second-order valence-corrected chi connectivity index (χ2v) is 8.10. The molecule has 0 saturated carbocycles. The first-order valence-corrected chi connectivity index (χ1v) is 11.7. The predicted molar refractivity (Wildman–Crippen MR) is 134 cm³/mol. The van der Waals surface area contributed by atoms with E-state index in [-0.39, 0.29) is 6.29 Å². The fraction of sp³-hybridized carbons (Fsp3) is 0.520. The van der Waals surface area contributed by atoms with Crippen molar-refractivity contribution in [3.8, 4) is 17.2 Å². The molecule has 0 aliphatic heterocycles. The third-order valence-electron chi connectivity index (χ3n) is 5.91. The molecular weight excluding hydrogens is 482 g/mol. The molecule has 12 heteroatoms. The summed E-state index contributed by atoms with van der Waals surface area (Å²) in [6.45, 7) is 2.04. The molecule has 0 aliphatic carbocycles. The summed E-state index contributed by atoms with van der Waals surface area (Å²) in [6, 6.07) is 3.87. The number of rotatable bonds is 16. The van der Waals surface area contributed by atoms with E-state index in [2.05, 4.69) is 14.9 Å². The predicted octanol–water partition coefficient (Wildman–Crippen LogP) is 2.68. The van der Waals surface area contributed by atoms with Gasteiger partial charge in [0.25, 0.3) is 0 Å². The van der Waals surface area contributed by atoms with E-state index >= 15 is 0 Å². The lowest BCUT2D eigenvalue weighted by molar-refractivity contribution is -0.157. The average molecular weight is 520 g/mol. The normalized spacial score (nSPS) is 11.6. The molecule has 0 atom stereocenters. The summed E-state index contributed by atoms with van der Waals surface area (Å²) in [5.74, 6) is 3.33. The summed E-state index contributed by atoms with van der Waals surface area (Å²) in [7, 11) is 11.2. The summed E-state index contributed by atoms with van der Waals surface area (Å²) in [6.07, 6.45) is 6.24. The Morgan fingerprint density at radius 2 is 1.32 bits per heavy atom. The zero-order valence-corrected chi connectivity index (χ0v) is 22.5. The van der Waals surface area contributed by atoms with E-state index in [4.69, 9.17) is 33.2 Å². The van der Waals surface area contributed by atoms with Crippen LogP contribution in [0.1, 0.15) is 23.6 Å². The Labute approximate surface area is 217 Å². The van der Waals surface area contributed by atoms with Gasteiger partial charge >= 0.3 is 0 Å². The van der Waals surface area contributed by atoms with E-state index in [9.17, 15) is 0 Å². The summed E-state index contributed by atoms with van der Waals surface area (Å²) in [5, 5.41) is 0. The van der Waals surface area contributed by atoms with Crippen LogP contribution in [0, 0.1) is 0 Å². The lowest BCUT2D eigenvalue weighted by Gasteiger charge is -2.25. The second-order valence-electron chi connectivity index (χ2n) is 8.10. The van der Waals surface area contributed by atoms with E-state index in [1.54, 1.807) is 62.2 Å². The number of ether oxygens (including phenoxy) is 7. The Kier molecular flexibility index (Phi) is 10.7. The SMILES string of the molecule is COc1cc(CN(Cc2nccn2CC(OC)OC)Cc2nccn2C(OC)OC)cc(OC)c1OC. The average Bonchev–Trinajstić information content (AvgIpc) is 3.56. The van der Waals surface area contributed by atoms with E-state index in [1.807, 2.05) is 33.7 Å². The molecule has 0 saturated heterocycles. The first kappa shape index (κ1) is 28.4. The molecule has 0 amide bonds. The van der Waals surface area contributed by atoms with Crippen molar-refractivity contribution in [1.82, 2.24) is 24.0 Å². The fourth-order valence-electron chi connectivity index (χ4n) is 4.10. The van der Waals surface area contributed by atoms with Gasteiger partial charge in [-0.25, -0.2) is 9.97 Å². The molecule has 0 aliphatic rings. The van der Waals surface area contributed by atoms with Crippen LogP contribution in [0.4, 0.5) is 0 Å². The van der Waals surface area contributed by atoms with Crippen molar-refractivity contribution in [2.45, 2.75) is 38.9 Å². The molecule has 0 bridgehead atoms. The largest absolute Gasteiger partial charge is 0.493 e. The van der Waals surface area contributed by atoms with Crippen LogP contribution >= 0.6 is 0 Å². The molecule has 0 fully saturated rings. The summed E-state index contributed by atoms with van der Waals surface area (Å²) >= 11 is 0. The highest BCUT2D eigenvalue weighted by atomic mass is 16.7. The summed E-state index contributed by atoms with van der Waals surface area (Å²) < 4.78 is 42.2. The van der Waals surface area contributed by atoms with Gasteiger partial charge in [0.05, 0.1) is 41.0 Å². The molecule has 0 radical (unpaired) electrons. The number of hydrogen-bond acceptors (Lipinski definition) is 10. The maximum Gasteiger partial charge on any atom is 0.244 e. The first-order chi connectivity index (χ1) is 18.0. The van der Waals surface area contributed by atoms with Crippen LogP contribution < -0.4 is 14.2 Å². The smallest absolute Gasteiger partial charge is 0.244 e. The Hall–Kier alpha value is -3.16. The molecule has 3 aromatic rings. The van der Waals surface area contributed by atoms with Gasteiger partial charge in [-0.1, -0.05) is 0 Å². The zero-order valence-electron chi connectivity index (χ0n) is 22.5. The van der Waals surface area contributed by atoms with Gasteiger partial charge in [0.1, 0.15) is 11.6 Å². The minimum atomic E-state index is -0.591.